The van der Waals surface area contributed by atoms with Crippen LogP contribution in [0, 0.1) is 0 Å². The van der Waals surface area contributed by atoms with E-state index in [9.17, 15) is 4.79 Å². The quantitative estimate of drug-likeness (QED) is 0.852. The smallest absolute Gasteiger partial charge is 0.255 e. The third-order valence-electron chi connectivity index (χ3n) is 3.98. The number of benzene rings is 2. The van der Waals surface area contributed by atoms with Gasteiger partial charge in [0.05, 0.1) is 11.4 Å². The zero-order chi connectivity index (χ0) is 16.2. The summed E-state index contributed by atoms with van der Waals surface area (Å²) in [6.45, 7) is 2.00. The van der Waals surface area contributed by atoms with E-state index in [-0.39, 0.29) is 12.0 Å². The van der Waals surface area contributed by atoms with Crippen molar-refractivity contribution in [2.75, 3.05) is 31.2 Å². The van der Waals surface area contributed by atoms with Gasteiger partial charge in [-0.15, -0.1) is 0 Å². The number of carbonyl (C=O) groups excluding carboxylic acids is 1. The van der Waals surface area contributed by atoms with Gasteiger partial charge in [0.15, 0.2) is 0 Å². The highest BCUT2D eigenvalue weighted by Gasteiger charge is 2.20. The Morgan fingerprint density at radius 3 is 2.61 bits per heavy atom. The third-order valence-corrected chi connectivity index (χ3v) is 3.98. The summed E-state index contributed by atoms with van der Waals surface area (Å²) in [6, 6.07) is 14.4. The van der Waals surface area contributed by atoms with Crippen molar-refractivity contribution < 1.29 is 9.53 Å². The summed E-state index contributed by atoms with van der Waals surface area (Å²) in [5.41, 5.74) is 7.57. The van der Waals surface area contributed by atoms with Crippen LogP contribution in [0.3, 0.4) is 0 Å². The summed E-state index contributed by atoms with van der Waals surface area (Å²) in [7, 11) is 2.09. The molecule has 0 aliphatic carbocycles. The average Bonchev–Trinajstić information content (AvgIpc) is 2.95. The lowest BCUT2D eigenvalue weighted by Gasteiger charge is -2.14. The molecule has 1 heterocycles. The molecule has 0 bridgehead atoms. The highest BCUT2D eigenvalue weighted by molar-refractivity contribution is 6.05. The van der Waals surface area contributed by atoms with E-state index in [0.717, 1.165) is 25.3 Å². The maximum atomic E-state index is 12.3. The Balaban J connectivity index is 1.62. The summed E-state index contributed by atoms with van der Waals surface area (Å²) in [5.74, 6) is 0.608. The Kier molecular flexibility index (Phi) is 4.48. The Labute approximate surface area is 136 Å². The minimum absolute atomic E-state index is 0.185. The minimum Gasteiger partial charge on any atom is -0.489 e. The number of hydrogen-bond donors (Lipinski definition) is 2. The van der Waals surface area contributed by atoms with E-state index in [0.29, 0.717) is 16.9 Å². The molecule has 0 radical (unpaired) electrons. The molecular weight excluding hydrogens is 290 g/mol. The van der Waals surface area contributed by atoms with Gasteiger partial charge in [-0.2, -0.15) is 0 Å². The first-order valence-corrected chi connectivity index (χ1v) is 7.73. The predicted octanol–water partition coefficient (Wildman–Crippen LogP) is 2.60. The summed E-state index contributed by atoms with van der Waals surface area (Å²) in [5, 5.41) is 2.81. The molecule has 1 atom stereocenters. The first-order chi connectivity index (χ1) is 11.1. The fourth-order valence-corrected chi connectivity index (χ4v) is 2.67. The molecule has 2 aromatic carbocycles. The van der Waals surface area contributed by atoms with Crippen LogP contribution in [0.5, 0.6) is 5.75 Å². The highest BCUT2D eigenvalue weighted by atomic mass is 16.5. The predicted molar refractivity (Wildman–Crippen MR) is 91.8 cm³/mol. The second kappa shape index (κ2) is 6.71. The molecule has 1 fully saturated rings. The van der Waals surface area contributed by atoms with Crippen molar-refractivity contribution in [2.24, 2.45) is 0 Å². The number of amides is 1. The van der Waals surface area contributed by atoms with Crippen molar-refractivity contribution in [1.29, 1.82) is 0 Å². The van der Waals surface area contributed by atoms with Gasteiger partial charge in [0.1, 0.15) is 11.9 Å². The van der Waals surface area contributed by atoms with Crippen LogP contribution in [-0.2, 0) is 0 Å². The van der Waals surface area contributed by atoms with E-state index in [2.05, 4.69) is 17.3 Å². The minimum atomic E-state index is -0.185. The van der Waals surface area contributed by atoms with Gasteiger partial charge in [0, 0.05) is 18.7 Å². The van der Waals surface area contributed by atoms with E-state index in [1.807, 2.05) is 24.3 Å². The van der Waals surface area contributed by atoms with Gasteiger partial charge in [-0.1, -0.05) is 12.1 Å². The third kappa shape index (κ3) is 3.81. The van der Waals surface area contributed by atoms with Crippen LogP contribution in [-0.4, -0.2) is 37.0 Å². The fraction of sp³-hybridized carbons (Fsp3) is 0.278. The monoisotopic (exact) mass is 311 g/mol. The lowest BCUT2D eigenvalue weighted by Crippen LogP contribution is -2.21. The number of likely N-dealkylation sites (tertiary alicyclic amines) is 1. The van der Waals surface area contributed by atoms with Crippen LogP contribution in [0.1, 0.15) is 16.8 Å². The normalized spacial score (nSPS) is 17.9. The summed E-state index contributed by atoms with van der Waals surface area (Å²) in [6.07, 6.45) is 1.26. The molecule has 1 aliphatic heterocycles. The zero-order valence-corrected chi connectivity index (χ0v) is 13.2. The number of nitrogens with one attached hydrogen (secondary N) is 1. The molecule has 1 aliphatic rings. The first-order valence-electron chi connectivity index (χ1n) is 7.73. The Morgan fingerprint density at radius 1 is 1.22 bits per heavy atom. The second-order valence-corrected chi connectivity index (χ2v) is 5.86. The molecule has 0 saturated carbocycles. The van der Waals surface area contributed by atoms with Crippen LogP contribution >= 0.6 is 0 Å². The molecule has 1 amide bonds. The van der Waals surface area contributed by atoms with Crippen LogP contribution < -0.4 is 15.8 Å². The Morgan fingerprint density at radius 2 is 1.96 bits per heavy atom. The van der Waals surface area contributed by atoms with Crippen LogP contribution in [0.2, 0.25) is 0 Å². The molecule has 23 heavy (non-hydrogen) atoms. The number of nitrogen functional groups attached to an aromatic ring is 1. The molecule has 120 valence electrons. The SMILES string of the molecule is CN1CC[C@@H](Oc2ccc(C(=O)Nc3ccccc3N)cc2)C1. The van der Waals surface area contributed by atoms with E-state index in [1.54, 1.807) is 24.3 Å². The largest absolute Gasteiger partial charge is 0.489 e. The van der Waals surface area contributed by atoms with Crippen molar-refractivity contribution in [1.82, 2.24) is 4.90 Å². The lowest BCUT2D eigenvalue weighted by molar-refractivity contribution is 0.102. The van der Waals surface area contributed by atoms with Gasteiger partial charge in [0.25, 0.3) is 5.91 Å². The van der Waals surface area contributed by atoms with Crippen molar-refractivity contribution in [2.45, 2.75) is 12.5 Å². The van der Waals surface area contributed by atoms with E-state index in [4.69, 9.17) is 10.5 Å². The summed E-state index contributed by atoms with van der Waals surface area (Å²) >= 11 is 0. The Bertz CT molecular complexity index is 685. The maximum Gasteiger partial charge on any atom is 0.255 e. The van der Waals surface area contributed by atoms with Crippen molar-refractivity contribution in [3.8, 4) is 5.75 Å². The van der Waals surface area contributed by atoms with Gasteiger partial charge in [-0.3, -0.25) is 4.79 Å². The van der Waals surface area contributed by atoms with Crippen molar-refractivity contribution in [3.63, 3.8) is 0 Å². The van der Waals surface area contributed by atoms with Gasteiger partial charge in [0.2, 0.25) is 0 Å². The zero-order valence-electron chi connectivity index (χ0n) is 13.2. The molecule has 1 saturated heterocycles. The topological polar surface area (TPSA) is 67.6 Å². The molecule has 3 N–H and O–H groups in total. The fourth-order valence-electron chi connectivity index (χ4n) is 2.67. The number of likely N-dealkylation sites (N-methyl/N-ethyl adjacent to an activating group) is 1. The van der Waals surface area contributed by atoms with Gasteiger partial charge in [-0.05, 0) is 49.9 Å². The number of nitrogens with two attached hydrogens (primary N) is 1. The van der Waals surface area contributed by atoms with Gasteiger partial charge >= 0.3 is 0 Å². The molecule has 5 heteroatoms. The number of nitrogens with zero attached hydrogens (tertiary/aromatic N) is 1. The van der Waals surface area contributed by atoms with Gasteiger partial charge in [-0.25, -0.2) is 0 Å². The molecule has 3 rings (SSSR count). The number of para-hydroxylation sites is 2. The highest BCUT2D eigenvalue weighted by Crippen LogP contribution is 2.20. The number of carbonyl (C=O) groups is 1. The van der Waals surface area contributed by atoms with Crippen LogP contribution in [0.4, 0.5) is 11.4 Å². The van der Waals surface area contributed by atoms with Gasteiger partial charge < -0.3 is 20.7 Å². The molecule has 0 aromatic heterocycles. The molecule has 5 nitrogen and oxygen atoms in total. The maximum absolute atomic E-state index is 12.3. The standard InChI is InChI=1S/C18H21N3O2/c1-21-11-10-15(12-21)23-14-8-6-13(7-9-14)18(22)20-17-5-3-2-4-16(17)19/h2-9,15H,10-12,19H2,1H3,(H,20,22)/t15-/m1/s1. The molecular formula is C18H21N3O2. The number of ether oxygens (including phenoxy) is 1. The molecule has 0 unspecified atom stereocenters. The van der Waals surface area contributed by atoms with Crippen molar-refractivity contribution in [3.05, 3.63) is 54.1 Å². The number of anilines is 2. The second-order valence-electron chi connectivity index (χ2n) is 5.86. The summed E-state index contributed by atoms with van der Waals surface area (Å²) < 4.78 is 5.92. The van der Waals surface area contributed by atoms with Crippen LogP contribution in [0.25, 0.3) is 0 Å². The Hall–Kier alpha value is -2.53. The number of rotatable bonds is 4. The van der Waals surface area contributed by atoms with E-state index in [1.165, 1.54) is 0 Å². The van der Waals surface area contributed by atoms with Crippen molar-refractivity contribution >= 4 is 17.3 Å². The average molecular weight is 311 g/mol. The first kappa shape index (κ1) is 15.4. The van der Waals surface area contributed by atoms with Crippen LogP contribution in [0.15, 0.2) is 48.5 Å². The van der Waals surface area contributed by atoms with E-state index < -0.39 is 0 Å². The molecule has 2 aromatic rings. The number of hydrogen-bond acceptors (Lipinski definition) is 4. The summed E-state index contributed by atoms with van der Waals surface area (Å²) in [4.78, 5) is 14.5. The molecule has 0 spiro atoms. The lowest BCUT2D eigenvalue weighted by atomic mass is 10.2. The van der Waals surface area contributed by atoms with E-state index >= 15 is 0 Å².